The van der Waals surface area contributed by atoms with E-state index in [-0.39, 0.29) is 11.8 Å². The van der Waals surface area contributed by atoms with Crippen LogP contribution in [0.3, 0.4) is 0 Å². The van der Waals surface area contributed by atoms with Gasteiger partial charge in [-0.15, -0.1) is 11.8 Å². The number of carbonyl (C=O) groups is 2. The standard InChI is InChI=1S/C24H31ClN2O2S/c1-17(2)13-26-24(29)19(4)27(14-20-9-11-22(25)12-10-20)23(28)16-30-15-21-8-6-5-7-18(21)3/h5-12,17,19H,13-16H2,1-4H3,(H,26,29)/t19-/m1/s1. The highest BCUT2D eigenvalue weighted by atomic mass is 35.5. The van der Waals surface area contributed by atoms with Crippen molar-refractivity contribution < 1.29 is 9.59 Å². The van der Waals surface area contributed by atoms with E-state index in [1.807, 2.05) is 38.1 Å². The minimum atomic E-state index is -0.550. The number of rotatable bonds is 10. The fraction of sp³-hybridized carbons (Fsp3) is 0.417. The summed E-state index contributed by atoms with van der Waals surface area (Å²) in [5.74, 6) is 1.27. The van der Waals surface area contributed by atoms with Crippen molar-refractivity contribution in [1.29, 1.82) is 0 Å². The number of carbonyl (C=O) groups excluding carboxylic acids is 2. The van der Waals surface area contributed by atoms with Gasteiger partial charge in [-0.05, 0) is 48.6 Å². The van der Waals surface area contributed by atoms with Crippen LogP contribution in [0.15, 0.2) is 48.5 Å². The number of nitrogens with one attached hydrogen (secondary N) is 1. The van der Waals surface area contributed by atoms with Gasteiger partial charge in [-0.1, -0.05) is 61.8 Å². The number of halogens is 1. The second-order valence-corrected chi connectivity index (χ2v) is 9.30. The Morgan fingerprint density at radius 1 is 1.07 bits per heavy atom. The highest BCUT2D eigenvalue weighted by Gasteiger charge is 2.26. The molecule has 0 heterocycles. The number of aryl methyl sites for hydroxylation is 1. The second-order valence-electron chi connectivity index (χ2n) is 7.88. The lowest BCUT2D eigenvalue weighted by molar-refractivity contribution is -0.138. The van der Waals surface area contributed by atoms with E-state index in [1.165, 1.54) is 11.1 Å². The number of hydrogen-bond donors (Lipinski definition) is 1. The highest BCUT2D eigenvalue weighted by Crippen LogP contribution is 2.19. The van der Waals surface area contributed by atoms with Crippen molar-refractivity contribution in [3.05, 3.63) is 70.2 Å². The summed E-state index contributed by atoms with van der Waals surface area (Å²) < 4.78 is 0. The summed E-state index contributed by atoms with van der Waals surface area (Å²) in [6.07, 6.45) is 0. The quantitative estimate of drug-likeness (QED) is 0.554. The predicted octanol–water partition coefficient (Wildman–Crippen LogP) is 5.07. The molecule has 0 aliphatic heterocycles. The van der Waals surface area contributed by atoms with Gasteiger partial charge in [-0.2, -0.15) is 0 Å². The lowest BCUT2D eigenvalue weighted by Gasteiger charge is -2.29. The van der Waals surface area contributed by atoms with Crippen molar-refractivity contribution in [2.75, 3.05) is 12.3 Å². The van der Waals surface area contributed by atoms with Crippen LogP contribution in [0.5, 0.6) is 0 Å². The lowest BCUT2D eigenvalue weighted by atomic mass is 10.1. The molecule has 2 amide bonds. The molecule has 6 heteroatoms. The van der Waals surface area contributed by atoms with Crippen molar-refractivity contribution in [3.63, 3.8) is 0 Å². The van der Waals surface area contributed by atoms with Crippen LogP contribution in [-0.2, 0) is 21.9 Å². The van der Waals surface area contributed by atoms with Crippen LogP contribution < -0.4 is 5.32 Å². The van der Waals surface area contributed by atoms with Crippen LogP contribution in [0.1, 0.15) is 37.5 Å². The summed E-state index contributed by atoms with van der Waals surface area (Å²) in [6, 6.07) is 15.0. The van der Waals surface area contributed by atoms with Gasteiger partial charge < -0.3 is 10.2 Å². The second kappa shape index (κ2) is 12.0. The summed E-state index contributed by atoms with van der Waals surface area (Å²) in [7, 11) is 0. The van der Waals surface area contributed by atoms with Crippen molar-refractivity contribution in [1.82, 2.24) is 10.2 Å². The Labute approximate surface area is 189 Å². The Bertz CT molecular complexity index is 839. The molecule has 0 fully saturated rings. The molecular formula is C24H31ClN2O2S. The number of nitrogens with zero attached hydrogens (tertiary/aromatic N) is 1. The maximum atomic E-state index is 13.1. The van der Waals surface area contributed by atoms with Gasteiger partial charge in [0.05, 0.1) is 5.75 Å². The van der Waals surface area contributed by atoms with Gasteiger partial charge in [0.15, 0.2) is 0 Å². The molecular weight excluding hydrogens is 416 g/mol. The monoisotopic (exact) mass is 446 g/mol. The van der Waals surface area contributed by atoms with E-state index in [4.69, 9.17) is 11.6 Å². The summed E-state index contributed by atoms with van der Waals surface area (Å²) in [4.78, 5) is 27.4. The van der Waals surface area contributed by atoms with Crippen LogP contribution in [0.2, 0.25) is 5.02 Å². The number of hydrogen-bond acceptors (Lipinski definition) is 3. The summed E-state index contributed by atoms with van der Waals surface area (Å²) in [6.45, 7) is 8.92. The van der Waals surface area contributed by atoms with E-state index in [0.717, 1.165) is 11.3 Å². The van der Waals surface area contributed by atoms with Crippen LogP contribution in [0.25, 0.3) is 0 Å². The fourth-order valence-corrected chi connectivity index (χ4v) is 4.04. The van der Waals surface area contributed by atoms with Crippen LogP contribution in [0.4, 0.5) is 0 Å². The molecule has 0 aromatic heterocycles. The van der Waals surface area contributed by atoms with Gasteiger partial charge in [0, 0.05) is 23.9 Å². The Morgan fingerprint density at radius 3 is 2.37 bits per heavy atom. The topological polar surface area (TPSA) is 49.4 Å². The third kappa shape index (κ3) is 7.69. The van der Waals surface area contributed by atoms with Crippen LogP contribution in [0, 0.1) is 12.8 Å². The van der Waals surface area contributed by atoms with E-state index in [9.17, 15) is 9.59 Å². The molecule has 0 aliphatic carbocycles. The van der Waals surface area contributed by atoms with Gasteiger partial charge in [0.1, 0.15) is 6.04 Å². The zero-order valence-corrected chi connectivity index (χ0v) is 19.7. The zero-order chi connectivity index (χ0) is 22.1. The average molecular weight is 447 g/mol. The lowest BCUT2D eigenvalue weighted by Crippen LogP contribution is -2.48. The smallest absolute Gasteiger partial charge is 0.242 e. The maximum Gasteiger partial charge on any atom is 0.242 e. The van der Waals surface area contributed by atoms with Gasteiger partial charge in [0.25, 0.3) is 0 Å². The van der Waals surface area contributed by atoms with Crippen molar-refractivity contribution in [2.45, 2.75) is 46.0 Å². The molecule has 0 saturated heterocycles. The first-order valence-corrected chi connectivity index (χ1v) is 11.7. The molecule has 0 unspecified atom stereocenters. The summed E-state index contributed by atoms with van der Waals surface area (Å²) >= 11 is 7.56. The van der Waals surface area contributed by atoms with E-state index in [1.54, 1.807) is 35.7 Å². The van der Waals surface area contributed by atoms with Gasteiger partial charge in [-0.3, -0.25) is 9.59 Å². The van der Waals surface area contributed by atoms with Crippen molar-refractivity contribution in [3.8, 4) is 0 Å². The van der Waals surface area contributed by atoms with E-state index in [2.05, 4.69) is 24.4 Å². The largest absolute Gasteiger partial charge is 0.354 e. The number of thioether (sulfide) groups is 1. The molecule has 1 N–H and O–H groups in total. The van der Waals surface area contributed by atoms with Crippen molar-refractivity contribution >= 4 is 35.2 Å². The van der Waals surface area contributed by atoms with E-state index in [0.29, 0.717) is 29.8 Å². The first-order valence-electron chi connectivity index (χ1n) is 10.2. The third-order valence-electron chi connectivity index (χ3n) is 4.86. The zero-order valence-electron chi connectivity index (χ0n) is 18.2. The predicted molar refractivity (Wildman–Crippen MR) is 127 cm³/mol. The molecule has 0 radical (unpaired) electrons. The molecule has 2 aromatic carbocycles. The molecule has 0 aliphatic rings. The van der Waals surface area contributed by atoms with E-state index >= 15 is 0 Å². The Hall–Kier alpha value is -1.98. The molecule has 1 atom stereocenters. The first-order chi connectivity index (χ1) is 14.3. The molecule has 2 rings (SSSR count). The SMILES string of the molecule is Cc1ccccc1CSCC(=O)N(Cc1ccc(Cl)cc1)[C@H](C)C(=O)NCC(C)C. The van der Waals surface area contributed by atoms with Crippen LogP contribution in [-0.4, -0.2) is 35.1 Å². The molecule has 4 nitrogen and oxygen atoms in total. The minimum Gasteiger partial charge on any atom is -0.354 e. The van der Waals surface area contributed by atoms with Gasteiger partial charge in [0.2, 0.25) is 11.8 Å². The number of benzene rings is 2. The van der Waals surface area contributed by atoms with Gasteiger partial charge in [-0.25, -0.2) is 0 Å². The summed E-state index contributed by atoms with van der Waals surface area (Å²) in [5, 5.41) is 3.59. The Kier molecular flexibility index (Phi) is 9.73. The number of amides is 2. The third-order valence-corrected chi connectivity index (χ3v) is 6.08. The van der Waals surface area contributed by atoms with Gasteiger partial charge >= 0.3 is 0 Å². The minimum absolute atomic E-state index is 0.0456. The fourth-order valence-electron chi connectivity index (χ4n) is 2.92. The Balaban J connectivity index is 2.06. The average Bonchev–Trinajstić information content (AvgIpc) is 2.72. The molecule has 0 spiro atoms. The van der Waals surface area contributed by atoms with Crippen LogP contribution >= 0.6 is 23.4 Å². The normalized spacial score (nSPS) is 11.9. The first kappa shape index (κ1) is 24.3. The molecule has 2 aromatic rings. The summed E-state index contributed by atoms with van der Waals surface area (Å²) in [5.41, 5.74) is 3.39. The van der Waals surface area contributed by atoms with Crippen molar-refractivity contribution in [2.24, 2.45) is 5.92 Å². The van der Waals surface area contributed by atoms with E-state index < -0.39 is 6.04 Å². The Morgan fingerprint density at radius 2 is 1.73 bits per heavy atom. The molecule has 0 bridgehead atoms. The molecule has 30 heavy (non-hydrogen) atoms. The maximum absolute atomic E-state index is 13.1. The molecule has 162 valence electrons. The molecule has 0 saturated carbocycles. The highest BCUT2D eigenvalue weighted by molar-refractivity contribution is 7.99.